The second kappa shape index (κ2) is 20.1. The van der Waals surface area contributed by atoms with Gasteiger partial charge in [-0.2, -0.15) is 0 Å². The number of rotatable bonds is 15. The van der Waals surface area contributed by atoms with Crippen LogP contribution in [0.4, 0.5) is 11.4 Å². The van der Waals surface area contributed by atoms with Gasteiger partial charge in [-0.1, -0.05) is 100 Å². The lowest BCUT2D eigenvalue weighted by Crippen LogP contribution is -2.03. The smallest absolute Gasteiger partial charge is 0.270 e. The first-order valence-electron chi connectivity index (χ1n) is 19.5. The standard InChI is InChI=1S/C48H42Br2N2O6/c1-3-5-7-9-27-57-45-25-19-37-29-33(11-15-35-17-21-39(51(53)54)31-43(35)49)13-23-41(37)47(45)48-42-24-14-34(12-16-36-18-22-40(52(55)56)32-44(36)50)30-38(42)20-26-46(48)58-28-10-8-6-4-2/h13-14,17-26,29-32H,3-10,27-28H2,1-2H3. The van der Waals surface area contributed by atoms with Crippen molar-refractivity contribution in [2.75, 3.05) is 13.2 Å². The van der Waals surface area contributed by atoms with E-state index in [1.165, 1.54) is 24.3 Å². The molecule has 0 unspecified atom stereocenters. The van der Waals surface area contributed by atoms with E-state index in [0.29, 0.717) is 33.3 Å². The number of unbranched alkanes of at least 4 members (excludes halogenated alkanes) is 6. The van der Waals surface area contributed by atoms with E-state index in [-0.39, 0.29) is 11.4 Å². The Kier molecular flexibility index (Phi) is 14.6. The highest BCUT2D eigenvalue weighted by molar-refractivity contribution is 9.10. The van der Waals surface area contributed by atoms with Crippen molar-refractivity contribution in [3.63, 3.8) is 0 Å². The fraction of sp³-hybridized carbons (Fsp3) is 0.250. The molecule has 0 bridgehead atoms. The average Bonchev–Trinajstić information content (AvgIpc) is 3.22. The van der Waals surface area contributed by atoms with Crippen LogP contribution in [-0.2, 0) is 0 Å². The third-order valence-corrected chi connectivity index (χ3v) is 11.0. The van der Waals surface area contributed by atoms with E-state index in [9.17, 15) is 20.2 Å². The van der Waals surface area contributed by atoms with Crippen molar-refractivity contribution in [1.82, 2.24) is 0 Å². The van der Waals surface area contributed by atoms with Crippen LogP contribution >= 0.6 is 31.9 Å². The number of nitro benzene ring substituents is 2. The highest BCUT2D eigenvalue weighted by Crippen LogP contribution is 2.46. The molecule has 294 valence electrons. The normalized spacial score (nSPS) is 10.8. The predicted molar refractivity (Wildman–Crippen MR) is 240 cm³/mol. The van der Waals surface area contributed by atoms with Gasteiger partial charge in [-0.05, 0) is 115 Å². The van der Waals surface area contributed by atoms with Gasteiger partial charge in [0.1, 0.15) is 11.5 Å². The summed E-state index contributed by atoms with van der Waals surface area (Å²) >= 11 is 6.87. The van der Waals surface area contributed by atoms with Gasteiger partial charge in [0.15, 0.2) is 0 Å². The molecule has 0 fully saturated rings. The van der Waals surface area contributed by atoms with Crippen LogP contribution in [-0.4, -0.2) is 23.1 Å². The summed E-state index contributed by atoms with van der Waals surface area (Å²) in [6.45, 7) is 5.56. The minimum absolute atomic E-state index is 0.00330. The molecule has 6 aromatic carbocycles. The zero-order chi connectivity index (χ0) is 41.0. The zero-order valence-electron chi connectivity index (χ0n) is 32.4. The van der Waals surface area contributed by atoms with Crippen molar-refractivity contribution < 1.29 is 19.3 Å². The van der Waals surface area contributed by atoms with Gasteiger partial charge in [-0.15, -0.1) is 0 Å². The molecule has 0 saturated heterocycles. The van der Waals surface area contributed by atoms with E-state index in [4.69, 9.17) is 9.47 Å². The zero-order valence-corrected chi connectivity index (χ0v) is 35.6. The number of nitro groups is 2. The molecule has 0 radical (unpaired) electrons. The maximum absolute atomic E-state index is 11.2. The predicted octanol–water partition coefficient (Wildman–Crippen LogP) is 13.7. The maximum Gasteiger partial charge on any atom is 0.270 e. The van der Waals surface area contributed by atoms with Crippen LogP contribution in [0.3, 0.4) is 0 Å². The first kappa shape index (κ1) is 41.9. The Morgan fingerprint density at radius 2 is 0.948 bits per heavy atom. The van der Waals surface area contributed by atoms with Crippen LogP contribution in [0.5, 0.6) is 11.5 Å². The molecular weight excluding hydrogens is 860 g/mol. The molecule has 6 rings (SSSR count). The van der Waals surface area contributed by atoms with Crippen LogP contribution in [0, 0.1) is 43.9 Å². The number of halogens is 2. The number of benzene rings is 6. The summed E-state index contributed by atoms with van der Waals surface area (Å²) in [5, 5.41) is 26.4. The molecule has 8 nitrogen and oxygen atoms in total. The molecule has 0 atom stereocenters. The molecule has 0 aliphatic heterocycles. The third kappa shape index (κ3) is 10.4. The van der Waals surface area contributed by atoms with Gasteiger partial charge in [-0.3, -0.25) is 20.2 Å². The molecule has 0 heterocycles. The molecule has 0 aliphatic carbocycles. The van der Waals surface area contributed by atoms with E-state index in [0.717, 1.165) is 107 Å². The molecule has 10 heteroatoms. The summed E-state index contributed by atoms with van der Waals surface area (Å²) < 4.78 is 14.4. The topological polar surface area (TPSA) is 105 Å². The van der Waals surface area contributed by atoms with Crippen molar-refractivity contribution >= 4 is 64.8 Å². The van der Waals surface area contributed by atoms with Crippen molar-refractivity contribution in [1.29, 1.82) is 0 Å². The number of non-ortho nitro benzene ring substituents is 2. The average molecular weight is 903 g/mol. The molecule has 58 heavy (non-hydrogen) atoms. The van der Waals surface area contributed by atoms with Crippen molar-refractivity contribution in [2.24, 2.45) is 0 Å². The fourth-order valence-corrected chi connectivity index (χ4v) is 7.60. The number of nitrogens with zero attached hydrogens (tertiary/aromatic N) is 2. The monoisotopic (exact) mass is 900 g/mol. The van der Waals surface area contributed by atoms with Crippen molar-refractivity contribution in [2.45, 2.75) is 65.2 Å². The van der Waals surface area contributed by atoms with Gasteiger partial charge in [0.2, 0.25) is 0 Å². The minimum Gasteiger partial charge on any atom is -0.493 e. The Labute approximate surface area is 355 Å². The molecule has 0 aromatic heterocycles. The summed E-state index contributed by atoms with van der Waals surface area (Å²) in [6, 6.07) is 29.6. The summed E-state index contributed by atoms with van der Waals surface area (Å²) in [5.41, 5.74) is 4.77. The van der Waals surface area contributed by atoms with Gasteiger partial charge < -0.3 is 9.47 Å². The number of fused-ring (bicyclic) bond motifs is 2. The lowest BCUT2D eigenvalue weighted by Gasteiger charge is -2.20. The number of hydrogen-bond donors (Lipinski definition) is 0. The van der Waals surface area contributed by atoms with Crippen LogP contribution in [0.25, 0.3) is 32.7 Å². The summed E-state index contributed by atoms with van der Waals surface area (Å²) in [4.78, 5) is 21.6. The first-order valence-corrected chi connectivity index (χ1v) is 21.1. The molecule has 0 saturated carbocycles. The van der Waals surface area contributed by atoms with E-state index in [1.54, 1.807) is 12.1 Å². The van der Waals surface area contributed by atoms with Crippen LogP contribution < -0.4 is 9.47 Å². The van der Waals surface area contributed by atoms with E-state index in [2.05, 4.69) is 106 Å². The maximum atomic E-state index is 11.2. The van der Waals surface area contributed by atoms with Gasteiger partial charge >= 0.3 is 0 Å². The Hall–Kier alpha value is -5.68. The lowest BCUT2D eigenvalue weighted by atomic mass is 9.91. The van der Waals surface area contributed by atoms with Crippen molar-refractivity contribution in [3.8, 4) is 46.3 Å². The summed E-state index contributed by atoms with van der Waals surface area (Å²) in [7, 11) is 0. The second-order valence-corrected chi connectivity index (χ2v) is 15.6. The van der Waals surface area contributed by atoms with Crippen LogP contribution in [0.2, 0.25) is 0 Å². The molecule has 6 aromatic rings. The third-order valence-electron chi connectivity index (χ3n) is 9.73. The first-order chi connectivity index (χ1) is 28.2. The molecule has 0 amide bonds. The SMILES string of the molecule is CCCCCCOc1ccc2cc(C#Cc3ccc([N+](=O)[O-])cc3Br)ccc2c1-c1c(OCCCCCC)ccc2cc(C#Cc3ccc([N+](=O)[O-])cc3Br)ccc12. The van der Waals surface area contributed by atoms with Gasteiger partial charge in [0.05, 0.1) is 23.1 Å². The van der Waals surface area contributed by atoms with Crippen molar-refractivity contribution in [3.05, 3.63) is 148 Å². The number of hydrogen-bond acceptors (Lipinski definition) is 6. The molecule has 0 N–H and O–H groups in total. The molecule has 0 spiro atoms. The fourth-order valence-electron chi connectivity index (χ4n) is 6.67. The lowest BCUT2D eigenvalue weighted by molar-refractivity contribution is -0.385. The number of ether oxygens (including phenoxy) is 2. The highest BCUT2D eigenvalue weighted by Gasteiger charge is 2.20. The second-order valence-electron chi connectivity index (χ2n) is 13.9. The highest BCUT2D eigenvalue weighted by atomic mass is 79.9. The molecule has 0 aliphatic rings. The van der Waals surface area contributed by atoms with E-state index >= 15 is 0 Å². The van der Waals surface area contributed by atoms with Crippen LogP contribution in [0.1, 0.15) is 87.5 Å². The van der Waals surface area contributed by atoms with Gasteiger partial charge in [0, 0.05) is 66.6 Å². The van der Waals surface area contributed by atoms with E-state index < -0.39 is 9.85 Å². The van der Waals surface area contributed by atoms with Crippen LogP contribution in [0.15, 0.2) is 106 Å². The quantitative estimate of drug-likeness (QED) is 0.0440. The minimum atomic E-state index is -0.429. The Bertz CT molecular complexity index is 2440. The summed E-state index contributed by atoms with van der Waals surface area (Å²) in [6.07, 6.45) is 8.66. The largest absolute Gasteiger partial charge is 0.493 e. The Balaban J connectivity index is 1.46. The molecular formula is C48H42Br2N2O6. The van der Waals surface area contributed by atoms with Gasteiger partial charge in [-0.25, -0.2) is 0 Å². The summed E-state index contributed by atoms with van der Waals surface area (Å²) in [5.74, 6) is 14.4. The Morgan fingerprint density at radius 3 is 1.33 bits per heavy atom. The van der Waals surface area contributed by atoms with E-state index in [1.807, 2.05) is 24.3 Å². The Morgan fingerprint density at radius 1 is 0.517 bits per heavy atom. The van der Waals surface area contributed by atoms with Gasteiger partial charge in [0.25, 0.3) is 11.4 Å².